The van der Waals surface area contributed by atoms with Crippen molar-refractivity contribution in [3.05, 3.63) is 17.3 Å². The summed E-state index contributed by atoms with van der Waals surface area (Å²) in [6.45, 7) is 0.987. The molecule has 0 aliphatic rings. The van der Waals surface area contributed by atoms with Gasteiger partial charge in [-0.25, -0.2) is 0 Å². The summed E-state index contributed by atoms with van der Waals surface area (Å²) in [6, 6.07) is 0. The van der Waals surface area contributed by atoms with Gasteiger partial charge in [-0.1, -0.05) is 0 Å². The first kappa shape index (κ1) is 12.2. The molecule has 0 amide bonds. The van der Waals surface area contributed by atoms with Gasteiger partial charge in [0.1, 0.15) is 17.3 Å². The Morgan fingerprint density at radius 2 is 1.89 bits per heavy atom. The van der Waals surface area contributed by atoms with Gasteiger partial charge in [0.05, 0.1) is 0 Å². The molecular weight excluding hydrogens is 247 g/mol. The lowest BCUT2D eigenvalue weighted by atomic mass is 10.1. The van der Waals surface area contributed by atoms with Crippen molar-refractivity contribution in [2.24, 2.45) is 0 Å². The fraction of sp³-hybridized carbons (Fsp3) is 0.200. The summed E-state index contributed by atoms with van der Waals surface area (Å²) in [5, 5.41) is 5.28. The van der Waals surface area contributed by atoms with E-state index in [2.05, 4.69) is 15.2 Å². The maximum Gasteiger partial charge on any atom is 0.412 e. The van der Waals surface area contributed by atoms with Crippen molar-refractivity contribution in [1.82, 2.24) is 15.2 Å². The van der Waals surface area contributed by atoms with Crippen molar-refractivity contribution in [1.29, 1.82) is 0 Å². The number of alkyl halides is 3. The van der Waals surface area contributed by atoms with E-state index in [4.69, 9.17) is 11.5 Å². The monoisotopic (exact) mass is 259 g/mol. The molecule has 0 bridgehead atoms. The summed E-state index contributed by atoms with van der Waals surface area (Å²) >= 11 is 0. The normalized spacial score (nSPS) is 13.2. The molecule has 2 heterocycles. The molecule has 18 heavy (non-hydrogen) atoms. The number of aromatic nitrogens is 3. The van der Waals surface area contributed by atoms with Crippen molar-refractivity contribution in [2.45, 2.75) is 13.1 Å². The van der Waals surface area contributed by atoms with Crippen LogP contribution in [0.5, 0.6) is 0 Å². The zero-order valence-corrected chi connectivity index (χ0v) is 9.44. The van der Waals surface area contributed by atoms with Crippen LogP contribution >= 0.6 is 0 Å². The highest BCUT2D eigenvalue weighted by Gasteiger charge is 2.30. The fourth-order valence-corrected chi connectivity index (χ4v) is 1.52. The molecule has 0 aromatic carbocycles. The molecule has 0 unspecified atom stereocenters. The quantitative estimate of drug-likeness (QED) is 0.572. The fourth-order valence-electron chi connectivity index (χ4n) is 1.52. The summed E-state index contributed by atoms with van der Waals surface area (Å²) in [4.78, 5) is 2.67. The van der Waals surface area contributed by atoms with E-state index in [0.29, 0.717) is 17.1 Å². The van der Waals surface area contributed by atoms with Crippen LogP contribution in [0.1, 0.15) is 12.5 Å². The van der Waals surface area contributed by atoms with Crippen LogP contribution in [-0.4, -0.2) is 21.4 Å². The standard InChI is InChI=1S/C10H12F3N5/c1-4(10(11,12)13)2-5-6(3-16-8(5)14)7-9(15)18-17-7/h2-3,16-18H,14-15H2,1H3/b4-2+. The second-order valence-corrected chi connectivity index (χ2v) is 3.89. The Balaban J connectivity index is 2.48. The first-order valence-corrected chi connectivity index (χ1v) is 5.05. The molecule has 0 aliphatic carbocycles. The third-order valence-corrected chi connectivity index (χ3v) is 2.62. The molecule has 0 atom stereocenters. The van der Waals surface area contributed by atoms with Gasteiger partial charge in [-0.2, -0.15) is 13.2 Å². The van der Waals surface area contributed by atoms with Crippen LogP contribution in [0.25, 0.3) is 17.3 Å². The molecule has 0 spiro atoms. The molecule has 0 aliphatic heterocycles. The summed E-state index contributed by atoms with van der Waals surface area (Å²) in [5.41, 5.74) is 11.7. The van der Waals surface area contributed by atoms with Crippen molar-refractivity contribution in [2.75, 3.05) is 11.5 Å². The second kappa shape index (κ2) is 3.90. The molecule has 0 fully saturated rings. The Hall–Kier alpha value is -2.25. The minimum Gasteiger partial charge on any atom is -0.385 e. The average molecular weight is 259 g/mol. The topological polar surface area (TPSA) is 99.4 Å². The van der Waals surface area contributed by atoms with Crippen LogP contribution in [-0.2, 0) is 0 Å². The Labute approximate surface area is 100 Å². The van der Waals surface area contributed by atoms with E-state index in [1.807, 2.05) is 0 Å². The molecule has 8 heteroatoms. The molecule has 0 radical (unpaired) electrons. The summed E-state index contributed by atoms with van der Waals surface area (Å²) in [6.07, 6.45) is -1.89. The third-order valence-electron chi connectivity index (χ3n) is 2.62. The number of rotatable bonds is 2. The van der Waals surface area contributed by atoms with Gasteiger partial charge < -0.3 is 16.5 Å². The number of hydrogen-bond acceptors (Lipinski definition) is 2. The number of nitrogen functional groups attached to an aromatic ring is 2. The van der Waals surface area contributed by atoms with Crippen molar-refractivity contribution >= 4 is 17.7 Å². The lowest BCUT2D eigenvalue weighted by Crippen LogP contribution is -2.09. The SMILES string of the molecule is C/C(=C\c1c(-c2[nH][nH]c2N)c[nH]c1N)C(F)(F)F. The molecule has 98 valence electrons. The van der Waals surface area contributed by atoms with Gasteiger partial charge >= 0.3 is 6.18 Å². The van der Waals surface area contributed by atoms with Crippen LogP contribution < -0.4 is 11.5 Å². The number of allylic oxidation sites excluding steroid dienone is 1. The summed E-state index contributed by atoms with van der Waals surface area (Å²) in [7, 11) is 0. The lowest BCUT2D eigenvalue weighted by Gasteiger charge is -2.11. The molecule has 7 N–H and O–H groups in total. The van der Waals surface area contributed by atoms with Crippen LogP contribution in [0.4, 0.5) is 24.8 Å². The van der Waals surface area contributed by atoms with E-state index in [1.165, 1.54) is 6.20 Å². The van der Waals surface area contributed by atoms with Crippen LogP contribution in [0, 0.1) is 0 Å². The van der Waals surface area contributed by atoms with Crippen molar-refractivity contribution in [3.8, 4) is 11.3 Å². The summed E-state index contributed by atoms with van der Waals surface area (Å²) in [5.74, 6) is 0.510. The summed E-state index contributed by atoms with van der Waals surface area (Å²) < 4.78 is 37.5. The second-order valence-electron chi connectivity index (χ2n) is 3.89. The number of halogens is 3. The highest BCUT2D eigenvalue weighted by atomic mass is 19.4. The average Bonchev–Trinajstić information content (AvgIpc) is 2.58. The van der Waals surface area contributed by atoms with E-state index in [9.17, 15) is 13.2 Å². The van der Waals surface area contributed by atoms with E-state index in [-0.39, 0.29) is 11.4 Å². The van der Waals surface area contributed by atoms with Crippen LogP contribution in [0.2, 0.25) is 0 Å². The Morgan fingerprint density at radius 1 is 1.22 bits per heavy atom. The van der Waals surface area contributed by atoms with Gasteiger partial charge in [0, 0.05) is 22.9 Å². The minimum absolute atomic E-state index is 0.155. The number of nitrogens with one attached hydrogen (secondary N) is 3. The number of aromatic amines is 3. The maximum atomic E-state index is 12.5. The van der Waals surface area contributed by atoms with Gasteiger partial charge in [-0.15, -0.1) is 0 Å². The van der Waals surface area contributed by atoms with E-state index < -0.39 is 11.7 Å². The largest absolute Gasteiger partial charge is 0.412 e. The predicted octanol–water partition coefficient (Wildman–Crippen LogP) is 2.47. The van der Waals surface area contributed by atoms with Crippen molar-refractivity contribution in [3.63, 3.8) is 0 Å². The Bertz CT molecular complexity index is 584. The molecule has 5 nitrogen and oxygen atoms in total. The number of hydrogen-bond donors (Lipinski definition) is 5. The molecule has 2 aromatic heterocycles. The lowest BCUT2D eigenvalue weighted by molar-refractivity contribution is -0.0903. The molecule has 0 saturated heterocycles. The Morgan fingerprint density at radius 3 is 2.33 bits per heavy atom. The molecule has 2 rings (SSSR count). The Kier molecular flexibility index (Phi) is 2.64. The molecular formula is C10H12F3N5. The zero-order chi connectivity index (χ0) is 13.5. The number of H-pyrrole nitrogens is 3. The maximum absolute atomic E-state index is 12.5. The predicted molar refractivity (Wildman–Crippen MR) is 63.5 cm³/mol. The highest BCUT2D eigenvalue weighted by Crippen LogP contribution is 2.34. The highest BCUT2D eigenvalue weighted by molar-refractivity contribution is 5.84. The van der Waals surface area contributed by atoms with Crippen LogP contribution in [0.15, 0.2) is 11.8 Å². The van der Waals surface area contributed by atoms with Gasteiger partial charge in [-0.05, 0) is 13.0 Å². The minimum atomic E-state index is -4.38. The van der Waals surface area contributed by atoms with E-state index >= 15 is 0 Å². The zero-order valence-electron chi connectivity index (χ0n) is 9.44. The smallest absolute Gasteiger partial charge is 0.385 e. The van der Waals surface area contributed by atoms with Gasteiger partial charge in [0.15, 0.2) is 0 Å². The van der Waals surface area contributed by atoms with E-state index in [0.717, 1.165) is 13.0 Å². The molecule has 0 saturated carbocycles. The van der Waals surface area contributed by atoms with Gasteiger partial charge in [0.2, 0.25) is 0 Å². The first-order valence-electron chi connectivity index (χ1n) is 5.05. The molecule has 2 aromatic rings. The number of nitrogens with two attached hydrogens (primary N) is 2. The van der Waals surface area contributed by atoms with Crippen molar-refractivity contribution < 1.29 is 13.2 Å². The van der Waals surface area contributed by atoms with Gasteiger partial charge in [-0.3, -0.25) is 10.2 Å². The third kappa shape index (κ3) is 1.96. The first-order chi connectivity index (χ1) is 8.30. The van der Waals surface area contributed by atoms with Crippen LogP contribution in [0.3, 0.4) is 0 Å². The number of anilines is 2. The van der Waals surface area contributed by atoms with Gasteiger partial charge in [0.25, 0.3) is 0 Å². The van der Waals surface area contributed by atoms with E-state index in [1.54, 1.807) is 0 Å².